The van der Waals surface area contributed by atoms with Crippen LogP contribution in [0.3, 0.4) is 0 Å². The summed E-state index contributed by atoms with van der Waals surface area (Å²) in [6, 6.07) is 6.60. The number of nitrogens with one attached hydrogen (secondary N) is 1. The molecule has 0 fully saturated rings. The molecule has 0 atom stereocenters. The van der Waals surface area contributed by atoms with Crippen molar-refractivity contribution in [2.75, 3.05) is 17.7 Å². The van der Waals surface area contributed by atoms with Gasteiger partial charge in [-0.25, -0.2) is 8.78 Å². The van der Waals surface area contributed by atoms with E-state index in [1.54, 1.807) is 6.07 Å². The highest BCUT2D eigenvalue weighted by molar-refractivity contribution is 6.30. The van der Waals surface area contributed by atoms with E-state index in [0.717, 1.165) is 12.5 Å². The summed E-state index contributed by atoms with van der Waals surface area (Å²) in [6.07, 6.45) is 0.756. The number of hydrogen-bond acceptors (Lipinski definition) is 3. The van der Waals surface area contributed by atoms with Crippen LogP contribution < -0.4 is 15.8 Å². The second-order valence-corrected chi connectivity index (χ2v) is 4.94. The molecule has 0 aliphatic heterocycles. The summed E-state index contributed by atoms with van der Waals surface area (Å²) in [5, 5.41) is 3.15. The molecule has 0 aliphatic carbocycles. The van der Waals surface area contributed by atoms with Crippen LogP contribution in [0.5, 0.6) is 5.75 Å². The van der Waals surface area contributed by atoms with Gasteiger partial charge in [-0.15, -0.1) is 0 Å². The molecule has 2 aromatic carbocycles. The minimum absolute atomic E-state index is 0.0936. The molecule has 0 heterocycles. The molecule has 0 amide bonds. The van der Waals surface area contributed by atoms with Gasteiger partial charge in [0.25, 0.3) is 0 Å². The van der Waals surface area contributed by atoms with E-state index in [1.165, 1.54) is 18.2 Å². The maximum atomic E-state index is 13.7. The summed E-state index contributed by atoms with van der Waals surface area (Å²) in [5.41, 5.74) is 6.79. The van der Waals surface area contributed by atoms with E-state index in [-0.39, 0.29) is 16.5 Å². The average molecular weight is 313 g/mol. The Morgan fingerprint density at radius 2 is 1.95 bits per heavy atom. The lowest BCUT2D eigenvalue weighted by Gasteiger charge is -2.13. The molecule has 0 aromatic heterocycles. The number of nitrogen functional groups attached to an aromatic ring is 1. The minimum Gasteiger partial charge on any atom is -0.490 e. The van der Waals surface area contributed by atoms with Crippen molar-refractivity contribution in [2.24, 2.45) is 0 Å². The SMILES string of the molecule is CCCOc1cc(Nc2cc(F)cc(Cl)c2)c(N)cc1F. The van der Waals surface area contributed by atoms with E-state index in [4.69, 9.17) is 22.1 Å². The highest BCUT2D eigenvalue weighted by Gasteiger charge is 2.10. The first-order chi connectivity index (χ1) is 9.99. The predicted octanol–water partition coefficient (Wildman–Crippen LogP) is 4.73. The molecule has 6 heteroatoms. The topological polar surface area (TPSA) is 47.3 Å². The lowest BCUT2D eigenvalue weighted by molar-refractivity contribution is 0.301. The van der Waals surface area contributed by atoms with Crippen molar-refractivity contribution in [3.8, 4) is 5.75 Å². The molecule has 0 aliphatic rings. The van der Waals surface area contributed by atoms with Gasteiger partial charge in [-0.05, 0) is 24.6 Å². The van der Waals surface area contributed by atoms with Gasteiger partial charge >= 0.3 is 0 Å². The third kappa shape index (κ3) is 3.98. The van der Waals surface area contributed by atoms with Crippen LogP contribution in [0.2, 0.25) is 5.02 Å². The Kier molecular flexibility index (Phi) is 4.85. The van der Waals surface area contributed by atoms with Crippen molar-refractivity contribution in [3.05, 3.63) is 47.0 Å². The molecule has 2 rings (SSSR count). The molecular weight excluding hydrogens is 298 g/mol. The average Bonchev–Trinajstić information content (AvgIpc) is 2.39. The van der Waals surface area contributed by atoms with Gasteiger partial charge in [-0.2, -0.15) is 0 Å². The molecule has 2 aromatic rings. The minimum atomic E-state index is -0.538. The predicted molar refractivity (Wildman–Crippen MR) is 81.3 cm³/mol. The Labute approximate surface area is 126 Å². The Hall–Kier alpha value is -2.01. The number of ether oxygens (including phenoxy) is 1. The molecule has 112 valence electrons. The van der Waals surface area contributed by atoms with Crippen LogP contribution in [0.1, 0.15) is 13.3 Å². The van der Waals surface area contributed by atoms with Gasteiger partial charge in [0, 0.05) is 22.8 Å². The first-order valence-corrected chi connectivity index (χ1v) is 6.82. The van der Waals surface area contributed by atoms with Gasteiger partial charge in [0.1, 0.15) is 5.82 Å². The molecule has 21 heavy (non-hydrogen) atoms. The van der Waals surface area contributed by atoms with E-state index in [1.807, 2.05) is 6.92 Å². The third-order valence-electron chi connectivity index (χ3n) is 2.71. The van der Waals surface area contributed by atoms with Gasteiger partial charge < -0.3 is 15.8 Å². The summed E-state index contributed by atoms with van der Waals surface area (Å²) < 4.78 is 32.3. The third-order valence-corrected chi connectivity index (χ3v) is 2.93. The smallest absolute Gasteiger partial charge is 0.167 e. The molecule has 3 nitrogen and oxygen atoms in total. The standard InChI is InChI=1S/C15H15ClF2N2O/c1-2-3-21-15-8-14(13(19)7-12(15)18)20-11-5-9(16)4-10(17)6-11/h4-8,20H,2-3,19H2,1H3. The van der Waals surface area contributed by atoms with Crippen molar-refractivity contribution >= 4 is 28.7 Å². The summed E-state index contributed by atoms with van der Waals surface area (Å²) in [7, 11) is 0. The lowest BCUT2D eigenvalue weighted by Crippen LogP contribution is -2.02. The fourth-order valence-corrected chi connectivity index (χ4v) is 2.00. The zero-order valence-corrected chi connectivity index (χ0v) is 12.2. The summed E-state index contributed by atoms with van der Waals surface area (Å²) >= 11 is 5.79. The Morgan fingerprint density at radius 1 is 1.19 bits per heavy atom. The van der Waals surface area contributed by atoms with Gasteiger partial charge in [-0.3, -0.25) is 0 Å². The van der Waals surface area contributed by atoms with E-state index >= 15 is 0 Å². The van der Waals surface area contributed by atoms with Crippen molar-refractivity contribution in [1.82, 2.24) is 0 Å². The fourth-order valence-electron chi connectivity index (χ4n) is 1.78. The maximum absolute atomic E-state index is 13.7. The van der Waals surface area contributed by atoms with Crippen LogP contribution in [0.25, 0.3) is 0 Å². The zero-order chi connectivity index (χ0) is 15.4. The van der Waals surface area contributed by atoms with Crippen molar-refractivity contribution < 1.29 is 13.5 Å². The Balaban J connectivity index is 2.30. The fraction of sp³-hybridized carbons (Fsp3) is 0.200. The first-order valence-electron chi connectivity index (χ1n) is 6.44. The molecular formula is C15H15ClF2N2O. The largest absolute Gasteiger partial charge is 0.490 e. The molecule has 3 N–H and O–H groups in total. The number of hydrogen-bond donors (Lipinski definition) is 2. The Bertz CT molecular complexity index is 630. The van der Waals surface area contributed by atoms with Gasteiger partial charge in [0.2, 0.25) is 0 Å². The molecule has 0 saturated carbocycles. The normalized spacial score (nSPS) is 10.5. The first kappa shape index (κ1) is 15.4. The number of benzene rings is 2. The van der Waals surface area contributed by atoms with Gasteiger partial charge in [-0.1, -0.05) is 18.5 Å². The highest BCUT2D eigenvalue weighted by Crippen LogP contribution is 2.31. The van der Waals surface area contributed by atoms with Gasteiger partial charge in [0.05, 0.1) is 18.0 Å². The quantitative estimate of drug-likeness (QED) is 0.784. The lowest BCUT2D eigenvalue weighted by atomic mass is 10.2. The van der Waals surface area contributed by atoms with Crippen LogP contribution in [0.4, 0.5) is 25.8 Å². The van der Waals surface area contributed by atoms with Crippen LogP contribution in [0, 0.1) is 11.6 Å². The number of halogens is 3. The zero-order valence-electron chi connectivity index (χ0n) is 11.4. The van der Waals surface area contributed by atoms with E-state index in [2.05, 4.69) is 5.32 Å². The second kappa shape index (κ2) is 6.63. The maximum Gasteiger partial charge on any atom is 0.167 e. The number of rotatable bonds is 5. The van der Waals surface area contributed by atoms with Crippen LogP contribution in [-0.2, 0) is 0 Å². The highest BCUT2D eigenvalue weighted by atomic mass is 35.5. The van der Waals surface area contributed by atoms with Crippen molar-refractivity contribution in [1.29, 1.82) is 0 Å². The van der Waals surface area contributed by atoms with E-state index in [0.29, 0.717) is 18.0 Å². The number of anilines is 3. The molecule has 0 spiro atoms. The van der Waals surface area contributed by atoms with Crippen LogP contribution in [-0.4, -0.2) is 6.61 Å². The van der Waals surface area contributed by atoms with Crippen LogP contribution in [0.15, 0.2) is 30.3 Å². The summed E-state index contributed by atoms with van der Waals surface area (Å²) in [5.74, 6) is -0.923. The van der Waals surface area contributed by atoms with E-state index < -0.39 is 11.6 Å². The monoisotopic (exact) mass is 312 g/mol. The summed E-state index contributed by atoms with van der Waals surface area (Å²) in [6.45, 7) is 2.31. The van der Waals surface area contributed by atoms with Crippen molar-refractivity contribution in [3.63, 3.8) is 0 Å². The van der Waals surface area contributed by atoms with Crippen molar-refractivity contribution in [2.45, 2.75) is 13.3 Å². The Morgan fingerprint density at radius 3 is 2.62 bits per heavy atom. The number of nitrogens with two attached hydrogens (primary N) is 1. The molecule has 0 radical (unpaired) electrons. The second-order valence-electron chi connectivity index (χ2n) is 4.50. The summed E-state index contributed by atoms with van der Waals surface area (Å²) in [4.78, 5) is 0. The van der Waals surface area contributed by atoms with Gasteiger partial charge in [0.15, 0.2) is 11.6 Å². The van der Waals surface area contributed by atoms with Crippen LogP contribution >= 0.6 is 11.6 Å². The molecule has 0 unspecified atom stereocenters. The molecule has 0 bridgehead atoms. The molecule has 0 saturated heterocycles. The van der Waals surface area contributed by atoms with E-state index in [9.17, 15) is 8.78 Å².